The van der Waals surface area contributed by atoms with Gasteiger partial charge in [-0.05, 0) is 20.3 Å². The van der Waals surface area contributed by atoms with Gasteiger partial charge in [-0.1, -0.05) is 0 Å². The Bertz CT molecular complexity index is 365. The Kier molecular flexibility index (Phi) is 2.38. The second kappa shape index (κ2) is 3.56. The van der Waals surface area contributed by atoms with Gasteiger partial charge in [0.1, 0.15) is 11.9 Å². The number of carbonyl (C=O) groups excluding carboxylic acids is 1. The molecule has 5 heteroatoms. The van der Waals surface area contributed by atoms with Gasteiger partial charge in [-0.15, -0.1) is 0 Å². The number of amides is 1. The van der Waals surface area contributed by atoms with Gasteiger partial charge in [-0.2, -0.15) is 5.10 Å². The maximum atomic E-state index is 11.9. The number of anilines is 1. The first kappa shape index (κ1) is 10.0. The molecule has 0 spiro atoms. The van der Waals surface area contributed by atoms with Crippen LogP contribution in [0.2, 0.25) is 0 Å². The second-order valence-corrected chi connectivity index (χ2v) is 3.90. The smallest absolute Gasteiger partial charge is 0.247 e. The molecule has 0 radical (unpaired) electrons. The molecule has 2 rings (SSSR count). The Morgan fingerprint density at radius 3 is 2.87 bits per heavy atom. The topological polar surface area (TPSA) is 64.2 Å². The Balaban J connectivity index is 2.22. The molecule has 0 aliphatic carbocycles. The monoisotopic (exact) mass is 208 g/mol. The van der Waals surface area contributed by atoms with Gasteiger partial charge < -0.3 is 10.6 Å². The number of likely N-dealkylation sites (tertiary alicyclic amines) is 1. The molecule has 0 aromatic carbocycles. The van der Waals surface area contributed by atoms with Crippen molar-refractivity contribution in [2.75, 3.05) is 18.8 Å². The fourth-order valence-electron chi connectivity index (χ4n) is 1.94. The van der Waals surface area contributed by atoms with E-state index in [1.54, 1.807) is 4.68 Å². The van der Waals surface area contributed by atoms with Crippen LogP contribution in [0.4, 0.5) is 5.82 Å². The molecule has 1 fully saturated rings. The summed E-state index contributed by atoms with van der Waals surface area (Å²) in [7, 11) is 0. The van der Waals surface area contributed by atoms with Gasteiger partial charge in [0.2, 0.25) is 5.91 Å². The molecule has 1 aliphatic rings. The molecular weight excluding hydrogens is 192 g/mol. The summed E-state index contributed by atoms with van der Waals surface area (Å²) in [5.41, 5.74) is 6.59. The predicted octanol–water partition coefficient (Wildman–Crippen LogP) is 0.567. The lowest BCUT2D eigenvalue weighted by Gasteiger charge is -2.13. The number of aryl methyl sites for hydroxylation is 1. The molecule has 5 nitrogen and oxygen atoms in total. The highest BCUT2D eigenvalue weighted by atomic mass is 16.2. The summed E-state index contributed by atoms with van der Waals surface area (Å²) in [6.45, 7) is 5.47. The maximum absolute atomic E-state index is 11.9. The third-order valence-electron chi connectivity index (χ3n) is 2.92. The SMILES string of the molecule is CCN1CCC(n2cc(C)c(N)n2)C1=O. The van der Waals surface area contributed by atoms with Crippen molar-refractivity contribution in [3.05, 3.63) is 11.8 Å². The van der Waals surface area contributed by atoms with E-state index < -0.39 is 0 Å². The average molecular weight is 208 g/mol. The van der Waals surface area contributed by atoms with Crippen LogP contribution in [0.15, 0.2) is 6.20 Å². The number of hydrogen-bond acceptors (Lipinski definition) is 3. The van der Waals surface area contributed by atoms with Crippen LogP contribution in [0.1, 0.15) is 24.9 Å². The van der Waals surface area contributed by atoms with E-state index >= 15 is 0 Å². The van der Waals surface area contributed by atoms with Crippen molar-refractivity contribution in [1.29, 1.82) is 0 Å². The summed E-state index contributed by atoms with van der Waals surface area (Å²) < 4.78 is 1.70. The van der Waals surface area contributed by atoms with E-state index in [0.717, 1.165) is 25.1 Å². The summed E-state index contributed by atoms with van der Waals surface area (Å²) in [5.74, 6) is 0.665. The van der Waals surface area contributed by atoms with Gasteiger partial charge >= 0.3 is 0 Å². The second-order valence-electron chi connectivity index (χ2n) is 3.90. The number of hydrogen-bond donors (Lipinski definition) is 1. The quantitative estimate of drug-likeness (QED) is 0.772. The summed E-state index contributed by atoms with van der Waals surface area (Å²) in [6.07, 6.45) is 2.67. The lowest BCUT2D eigenvalue weighted by atomic mass is 10.2. The number of nitrogens with zero attached hydrogens (tertiary/aromatic N) is 3. The van der Waals surface area contributed by atoms with Gasteiger partial charge in [-0.3, -0.25) is 9.48 Å². The number of rotatable bonds is 2. The van der Waals surface area contributed by atoms with Gasteiger partial charge in [-0.25, -0.2) is 0 Å². The van der Waals surface area contributed by atoms with E-state index in [-0.39, 0.29) is 11.9 Å². The molecule has 2 N–H and O–H groups in total. The number of aromatic nitrogens is 2. The van der Waals surface area contributed by atoms with Crippen LogP contribution >= 0.6 is 0 Å². The van der Waals surface area contributed by atoms with Crippen molar-refractivity contribution in [3.63, 3.8) is 0 Å². The van der Waals surface area contributed by atoms with Gasteiger partial charge in [0.25, 0.3) is 0 Å². The predicted molar refractivity (Wildman–Crippen MR) is 57.3 cm³/mol. The van der Waals surface area contributed by atoms with E-state index in [4.69, 9.17) is 5.73 Å². The standard InChI is InChI=1S/C10H16N4O/c1-3-13-5-4-8(10(13)15)14-6-7(2)9(11)12-14/h6,8H,3-5H2,1-2H3,(H2,11,12). The lowest BCUT2D eigenvalue weighted by Crippen LogP contribution is -2.28. The minimum atomic E-state index is -0.152. The highest BCUT2D eigenvalue weighted by Crippen LogP contribution is 2.23. The molecule has 1 aromatic rings. The normalized spacial score (nSPS) is 21.3. The van der Waals surface area contributed by atoms with E-state index in [1.165, 1.54) is 0 Å². The Labute approximate surface area is 88.8 Å². The van der Waals surface area contributed by atoms with Crippen molar-refractivity contribution < 1.29 is 4.79 Å². The molecule has 1 unspecified atom stereocenters. The summed E-state index contributed by atoms with van der Waals surface area (Å²) in [4.78, 5) is 13.7. The summed E-state index contributed by atoms with van der Waals surface area (Å²) in [5, 5.41) is 4.16. The van der Waals surface area contributed by atoms with E-state index in [2.05, 4.69) is 5.10 Å². The first-order chi connectivity index (χ1) is 7.13. The van der Waals surface area contributed by atoms with E-state index in [0.29, 0.717) is 5.82 Å². The Morgan fingerprint density at radius 2 is 2.40 bits per heavy atom. The van der Waals surface area contributed by atoms with Crippen molar-refractivity contribution in [2.45, 2.75) is 26.3 Å². The average Bonchev–Trinajstić information content (AvgIpc) is 2.71. The van der Waals surface area contributed by atoms with Crippen LogP contribution in [0.25, 0.3) is 0 Å². The van der Waals surface area contributed by atoms with Gasteiger partial charge in [0, 0.05) is 24.8 Å². The molecule has 1 aromatic heterocycles. The number of carbonyl (C=O) groups is 1. The molecule has 82 valence electrons. The van der Waals surface area contributed by atoms with Gasteiger partial charge in [0.05, 0.1) is 0 Å². The number of nitrogens with two attached hydrogens (primary N) is 1. The summed E-state index contributed by atoms with van der Waals surface area (Å²) in [6, 6.07) is -0.152. The fourth-order valence-corrected chi connectivity index (χ4v) is 1.94. The third-order valence-corrected chi connectivity index (χ3v) is 2.92. The van der Waals surface area contributed by atoms with Crippen LogP contribution < -0.4 is 5.73 Å². The molecule has 0 bridgehead atoms. The van der Waals surface area contributed by atoms with E-state index in [1.807, 2.05) is 24.9 Å². The Morgan fingerprint density at radius 1 is 1.67 bits per heavy atom. The summed E-state index contributed by atoms with van der Waals surface area (Å²) >= 11 is 0. The molecule has 1 atom stereocenters. The lowest BCUT2D eigenvalue weighted by molar-refractivity contribution is -0.130. The minimum Gasteiger partial charge on any atom is -0.382 e. The van der Waals surface area contributed by atoms with Crippen molar-refractivity contribution >= 4 is 11.7 Å². The van der Waals surface area contributed by atoms with Crippen molar-refractivity contribution in [2.24, 2.45) is 0 Å². The molecule has 15 heavy (non-hydrogen) atoms. The molecule has 1 saturated heterocycles. The molecule has 0 saturated carbocycles. The van der Waals surface area contributed by atoms with Crippen LogP contribution in [0.3, 0.4) is 0 Å². The first-order valence-electron chi connectivity index (χ1n) is 5.23. The van der Waals surface area contributed by atoms with Gasteiger partial charge in [0.15, 0.2) is 0 Å². The molecule has 2 heterocycles. The molecular formula is C10H16N4O. The number of likely N-dealkylation sites (N-methyl/N-ethyl adjacent to an activating group) is 1. The highest BCUT2D eigenvalue weighted by Gasteiger charge is 2.32. The zero-order chi connectivity index (χ0) is 11.0. The largest absolute Gasteiger partial charge is 0.382 e. The third kappa shape index (κ3) is 1.58. The van der Waals surface area contributed by atoms with Crippen LogP contribution in [0, 0.1) is 6.92 Å². The molecule has 1 aliphatic heterocycles. The number of nitrogen functional groups attached to an aromatic ring is 1. The van der Waals surface area contributed by atoms with E-state index in [9.17, 15) is 4.79 Å². The molecule has 1 amide bonds. The van der Waals surface area contributed by atoms with Crippen molar-refractivity contribution in [1.82, 2.24) is 14.7 Å². The van der Waals surface area contributed by atoms with Crippen LogP contribution in [-0.4, -0.2) is 33.7 Å². The minimum absolute atomic E-state index is 0.152. The maximum Gasteiger partial charge on any atom is 0.247 e. The zero-order valence-electron chi connectivity index (χ0n) is 9.10. The Hall–Kier alpha value is -1.52. The fraction of sp³-hybridized carbons (Fsp3) is 0.600. The highest BCUT2D eigenvalue weighted by molar-refractivity contribution is 5.82. The van der Waals surface area contributed by atoms with Crippen LogP contribution in [-0.2, 0) is 4.79 Å². The van der Waals surface area contributed by atoms with Crippen LogP contribution in [0.5, 0.6) is 0 Å². The zero-order valence-corrected chi connectivity index (χ0v) is 9.10. The first-order valence-corrected chi connectivity index (χ1v) is 5.23. The van der Waals surface area contributed by atoms with Crippen molar-refractivity contribution in [3.8, 4) is 0 Å².